The van der Waals surface area contributed by atoms with Crippen LogP contribution >= 0.6 is 0 Å². The van der Waals surface area contributed by atoms with E-state index in [1.165, 1.54) is 0 Å². The van der Waals surface area contributed by atoms with Gasteiger partial charge in [0.1, 0.15) is 0 Å². The Balaban J connectivity index is 2.78. The van der Waals surface area contributed by atoms with E-state index < -0.39 is 0 Å². The van der Waals surface area contributed by atoms with Crippen LogP contribution in [0.25, 0.3) is 0 Å². The minimum absolute atomic E-state index is 0.0967. The van der Waals surface area contributed by atoms with Gasteiger partial charge >= 0.3 is 0 Å². The topological polar surface area (TPSA) is 67.2 Å². The summed E-state index contributed by atoms with van der Waals surface area (Å²) >= 11 is 0. The molecule has 0 heterocycles. The molecule has 1 aromatic rings. The van der Waals surface area contributed by atoms with E-state index in [0.29, 0.717) is 17.2 Å². The van der Waals surface area contributed by atoms with Gasteiger partial charge in [-0.25, -0.2) is 0 Å². The van der Waals surface area contributed by atoms with Crippen LogP contribution in [0.4, 0.5) is 11.4 Å². The summed E-state index contributed by atoms with van der Waals surface area (Å²) in [6.07, 6.45) is 2.27. The molecule has 1 rings (SSSR count). The van der Waals surface area contributed by atoms with Crippen molar-refractivity contribution in [2.75, 3.05) is 24.6 Å². The Morgan fingerprint density at radius 3 is 2.56 bits per heavy atom. The molecule has 0 bridgehead atoms. The largest absolute Gasteiger partial charge is 0.397 e. The lowest BCUT2D eigenvalue weighted by Crippen LogP contribution is -2.19. The first-order chi connectivity index (χ1) is 8.62. The fraction of sp³-hybridized carbons (Fsp3) is 0.500. The normalized spacial score (nSPS) is 10.4. The Bertz CT molecular complexity index is 400. The second-order valence-corrected chi connectivity index (χ2v) is 4.44. The van der Waals surface area contributed by atoms with Crippen LogP contribution in [-0.4, -0.2) is 19.5 Å². The summed E-state index contributed by atoms with van der Waals surface area (Å²) in [5, 5.41) is 5.94. The average Bonchev–Trinajstić information content (AvgIpc) is 2.40. The van der Waals surface area contributed by atoms with Crippen molar-refractivity contribution in [3.63, 3.8) is 0 Å². The molecule has 0 saturated carbocycles. The summed E-state index contributed by atoms with van der Waals surface area (Å²) < 4.78 is 0. The maximum Gasteiger partial charge on any atom is 0.251 e. The average molecular weight is 249 g/mol. The molecule has 0 aliphatic carbocycles. The van der Waals surface area contributed by atoms with Gasteiger partial charge in [-0.15, -0.1) is 0 Å². The molecule has 4 heteroatoms. The number of nitrogens with two attached hydrogens (primary N) is 1. The summed E-state index contributed by atoms with van der Waals surface area (Å²) in [7, 11) is 1.62. The van der Waals surface area contributed by atoms with Gasteiger partial charge in [0.2, 0.25) is 0 Å². The van der Waals surface area contributed by atoms with E-state index in [-0.39, 0.29) is 5.91 Å². The number of anilines is 2. The molecule has 0 spiro atoms. The molecule has 1 aromatic carbocycles. The van der Waals surface area contributed by atoms with Gasteiger partial charge in [-0.2, -0.15) is 0 Å². The highest BCUT2D eigenvalue weighted by Crippen LogP contribution is 2.21. The van der Waals surface area contributed by atoms with Gasteiger partial charge in [0.05, 0.1) is 11.4 Å². The Morgan fingerprint density at radius 1 is 1.33 bits per heavy atom. The Kier molecular flexibility index (Phi) is 5.49. The highest BCUT2D eigenvalue weighted by atomic mass is 16.1. The second kappa shape index (κ2) is 6.89. The van der Waals surface area contributed by atoms with Gasteiger partial charge in [0.15, 0.2) is 0 Å². The van der Waals surface area contributed by atoms with E-state index >= 15 is 0 Å². The van der Waals surface area contributed by atoms with Crippen molar-refractivity contribution in [2.24, 2.45) is 5.92 Å². The molecule has 100 valence electrons. The molecular weight excluding hydrogens is 226 g/mol. The molecule has 0 aliphatic heterocycles. The van der Waals surface area contributed by atoms with Crippen LogP contribution in [0, 0.1) is 5.92 Å². The third-order valence-corrected chi connectivity index (χ3v) is 3.28. The maximum atomic E-state index is 11.5. The van der Waals surface area contributed by atoms with Crippen LogP contribution in [0.5, 0.6) is 0 Å². The van der Waals surface area contributed by atoms with Gasteiger partial charge in [-0.05, 0) is 24.1 Å². The molecule has 0 atom stereocenters. The number of carbonyl (C=O) groups excluding carboxylic acids is 1. The number of hydrogen-bond donors (Lipinski definition) is 3. The fourth-order valence-corrected chi connectivity index (χ4v) is 1.83. The Hall–Kier alpha value is -1.71. The smallest absolute Gasteiger partial charge is 0.251 e. The summed E-state index contributed by atoms with van der Waals surface area (Å²) in [6, 6.07) is 5.30. The summed E-state index contributed by atoms with van der Waals surface area (Å²) in [6.45, 7) is 5.24. The van der Waals surface area contributed by atoms with Crippen molar-refractivity contribution in [3.8, 4) is 0 Å². The third-order valence-electron chi connectivity index (χ3n) is 3.28. The molecule has 0 fully saturated rings. The van der Waals surface area contributed by atoms with E-state index in [9.17, 15) is 4.79 Å². The highest BCUT2D eigenvalue weighted by Gasteiger charge is 2.08. The van der Waals surface area contributed by atoms with Crippen LogP contribution in [0.3, 0.4) is 0 Å². The summed E-state index contributed by atoms with van der Waals surface area (Å²) in [5.41, 5.74) is 8.04. The minimum atomic E-state index is -0.0967. The minimum Gasteiger partial charge on any atom is -0.397 e. The first kappa shape index (κ1) is 14.4. The molecule has 18 heavy (non-hydrogen) atoms. The molecule has 1 amide bonds. The molecule has 4 N–H and O–H groups in total. The van der Waals surface area contributed by atoms with Gasteiger partial charge in [-0.3, -0.25) is 4.79 Å². The molecule has 0 unspecified atom stereocenters. The molecule has 0 aliphatic rings. The monoisotopic (exact) mass is 249 g/mol. The Morgan fingerprint density at radius 2 is 2.00 bits per heavy atom. The first-order valence-electron chi connectivity index (χ1n) is 6.47. The van der Waals surface area contributed by atoms with E-state index in [1.807, 2.05) is 0 Å². The number of nitrogen functional groups attached to an aromatic ring is 1. The van der Waals surface area contributed by atoms with Crippen molar-refractivity contribution < 1.29 is 4.79 Å². The molecular formula is C14H23N3O. The predicted molar refractivity (Wildman–Crippen MR) is 76.8 cm³/mol. The lowest BCUT2D eigenvalue weighted by molar-refractivity contribution is 0.0963. The standard InChI is InChI=1S/C14H23N3O/c1-4-10(5-2)9-17-13-8-11(14(18)16-3)6-7-12(13)15/h6-8,10,17H,4-5,9,15H2,1-3H3,(H,16,18). The van der Waals surface area contributed by atoms with Crippen LogP contribution < -0.4 is 16.4 Å². The number of benzene rings is 1. The molecule has 0 saturated heterocycles. The van der Waals surface area contributed by atoms with Gasteiger partial charge in [0.25, 0.3) is 5.91 Å². The van der Waals surface area contributed by atoms with Crippen molar-refractivity contribution >= 4 is 17.3 Å². The van der Waals surface area contributed by atoms with Crippen molar-refractivity contribution in [3.05, 3.63) is 23.8 Å². The second-order valence-electron chi connectivity index (χ2n) is 4.44. The van der Waals surface area contributed by atoms with Gasteiger partial charge in [-0.1, -0.05) is 26.7 Å². The first-order valence-corrected chi connectivity index (χ1v) is 6.47. The number of carbonyl (C=O) groups is 1. The lowest BCUT2D eigenvalue weighted by atomic mass is 10.0. The quantitative estimate of drug-likeness (QED) is 0.678. The SMILES string of the molecule is CCC(CC)CNc1cc(C(=O)NC)ccc1N. The Labute approximate surface area is 109 Å². The maximum absolute atomic E-state index is 11.5. The number of hydrogen-bond acceptors (Lipinski definition) is 3. The number of rotatable bonds is 6. The van der Waals surface area contributed by atoms with Crippen LogP contribution in [0.15, 0.2) is 18.2 Å². The fourth-order valence-electron chi connectivity index (χ4n) is 1.83. The lowest BCUT2D eigenvalue weighted by Gasteiger charge is -2.16. The zero-order chi connectivity index (χ0) is 13.5. The number of nitrogens with one attached hydrogen (secondary N) is 2. The third kappa shape index (κ3) is 3.65. The predicted octanol–water partition coefficient (Wildman–Crippen LogP) is 2.48. The van der Waals surface area contributed by atoms with Crippen molar-refractivity contribution in [1.29, 1.82) is 0 Å². The van der Waals surface area contributed by atoms with Crippen LogP contribution in [0.2, 0.25) is 0 Å². The van der Waals surface area contributed by atoms with E-state index in [2.05, 4.69) is 24.5 Å². The van der Waals surface area contributed by atoms with Crippen LogP contribution in [0.1, 0.15) is 37.0 Å². The molecule has 4 nitrogen and oxygen atoms in total. The molecule has 0 aromatic heterocycles. The van der Waals surface area contributed by atoms with Gasteiger partial charge < -0.3 is 16.4 Å². The number of amides is 1. The summed E-state index contributed by atoms with van der Waals surface area (Å²) in [5.74, 6) is 0.536. The zero-order valence-corrected chi connectivity index (χ0v) is 11.4. The van der Waals surface area contributed by atoms with Gasteiger partial charge in [0, 0.05) is 19.2 Å². The summed E-state index contributed by atoms with van der Waals surface area (Å²) in [4.78, 5) is 11.5. The van der Waals surface area contributed by atoms with E-state index in [1.54, 1.807) is 25.2 Å². The van der Waals surface area contributed by atoms with E-state index in [0.717, 1.165) is 25.1 Å². The highest BCUT2D eigenvalue weighted by molar-refractivity contribution is 5.96. The van der Waals surface area contributed by atoms with Crippen molar-refractivity contribution in [1.82, 2.24) is 5.32 Å². The van der Waals surface area contributed by atoms with Crippen molar-refractivity contribution in [2.45, 2.75) is 26.7 Å². The molecule has 0 radical (unpaired) electrons. The van der Waals surface area contributed by atoms with E-state index in [4.69, 9.17) is 5.73 Å². The van der Waals surface area contributed by atoms with Crippen LogP contribution in [-0.2, 0) is 0 Å². The zero-order valence-electron chi connectivity index (χ0n) is 11.4.